The summed E-state index contributed by atoms with van der Waals surface area (Å²) in [7, 11) is -4.44. The van der Waals surface area contributed by atoms with E-state index >= 15 is 0 Å². The van der Waals surface area contributed by atoms with Gasteiger partial charge in [0, 0.05) is 12.6 Å². The van der Waals surface area contributed by atoms with E-state index in [0.717, 1.165) is 0 Å². The standard InChI is InChI=1S/C13H18F4N2O2S/c1-8(2)5-10(7-18)19-22(20,21)12-6-9(13(15,16)17)3-4-11(12)14/h3-4,6,8,10,19H,5,7,18H2,1-2H3. The molecule has 0 aliphatic rings. The van der Waals surface area contributed by atoms with E-state index in [-0.39, 0.29) is 18.5 Å². The Morgan fingerprint density at radius 1 is 1.27 bits per heavy atom. The minimum atomic E-state index is -4.76. The van der Waals surface area contributed by atoms with E-state index in [1.807, 2.05) is 13.8 Å². The predicted octanol–water partition coefficient (Wildman–Crippen LogP) is 2.50. The zero-order valence-electron chi connectivity index (χ0n) is 12.1. The Morgan fingerprint density at radius 3 is 2.32 bits per heavy atom. The molecule has 3 N–H and O–H groups in total. The number of halogens is 4. The van der Waals surface area contributed by atoms with E-state index in [1.54, 1.807) is 0 Å². The van der Waals surface area contributed by atoms with Crippen molar-refractivity contribution in [2.75, 3.05) is 6.54 Å². The van der Waals surface area contributed by atoms with Gasteiger partial charge in [0.05, 0.1) is 5.56 Å². The van der Waals surface area contributed by atoms with Crippen LogP contribution < -0.4 is 10.5 Å². The molecule has 4 nitrogen and oxygen atoms in total. The minimum Gasteiger partial charge on any atom is -0.329 e. The Hall–Kier alpha value is -1.19. The Balaban J connectivity index is 3.17. The highest BCUT2D eigenvalue weighted by molar-refractivity contribution is 7.89. The van der Waals surface area contributed by atoms with E-state index in [2.05, 4.69) is 4.72 Å². The maximum atomic E-state index is 13.7. The maximum Gasteiger partial charge on any atom is 0.416 e. The zero-order chi connectivity index (χ0) is 17.1. The molecule has 9 heteroatoms. The average Bonchev–Trinajstić information content (AvgIpc) is 2.35. The van der Waals surface area contributed by atoms with Crippen molar-refractivity contribution >= 4 is 10.0 Å². The summed E-state index contributed by atoms with van der Waals surface area (Å²) in [5.41, 5.74) is 4.21. The second-order valence-electron chi connectivity index (χ2n) is 5.33. The molecular formula is C13H18F4N2O2S. The first kappa shape index (κ1) is 18.9. The molecule has 1 aromatic rings. The molecule has 0 radical (unpaired) electrons. The highest BCUT2D eigenvalue weighted by Crippen LogP contribution is 2.31. The molecule has 1 rings (SSSR count). The summed E-state index contributed by atoms with van der Waals surface area (Å²) in [4.78, 5) is -1.04. The van der Waals surface area contributed by atoms with Gasteiger partial charge in [-0.2, -0.15) is 13.2 Å². The fourth-order valence-electron chi connectivity index (χ4n) is 1.93. The van der Waals surface area contributed by atoms with Crippen LogP contribution in [-0.2, 0) is 16.2 Å². The highest BCUT2D eigenvalue weighted by Gasteiger charge is 2.33. The molecule has 1 aromatic carbocycles. The second kappa shape index (κ2) is 6.93. The molecule has 22 heavy (non-hydrogen) atoms. The van der Waals surface area contributed by atoms with Crippen molar-refractivity contribution in [1.82, 2.24) is 4.72 Å². The third-order valence-corrected chi connectivity index (χ3v) is 4.45. The molecule has 0 fully saturated rings. The Bertz CT molecular complexity index is 615. The minimum absolute atomic E-state index is 0.0437. The number of nitrogens with one attached hydrogen (secondary N) is 1. The van der Waals surface area contributed by atoms with Crippen molar-refractivity contribution in [3.8, 4) is 0 Å². The predicted molar refractivity (Wildman–Crippen MR) is 74.0 cm³/mol. The second-order valence-corrected chi connectivity index (χ2v) is 7.01. The number of nitrogens with two attached hydrogens (primary N) is 1. The fourth-order valence-corrected chi connectivity index (χ4v) is 3.30. The van der Waals surface area contributed by atoms with Gasteiger partial charge in [0.15, 0.2) is 0 Å². The summed E-state index contributed by atoms with van der Waals surface area (Å²) in [6.45, 7) is 3.63. The van der Waals surface area contributed by atoms with Crippen molar-refractivity contribution in [2.45, 2.75) is 37.4 Å². The van der Waals surface area contributed by atoms with Crippen LogP contribution in [0.2, 0.25) is 0 Å². The van der Waals surface area contributed by atoms with Crippen molar-refractivity contribution < 1.29 is 26.0 Å². The van der Waals surface area contributed by atoms with Crippen LogP contribution in [0, 0.1) is 11.7 Å². The van der Waals surface area contributed by atoms with Gasteiger partial charge in [-0.3, -0.25) is 0 Å². The number of rotatable bonds is 6. The lowest BCUT2D eigenvalue weighted by Crippen LogP contribution is -2.41. The van der Waals surface area contributed by atoms with Gasteiger partial charge in [0.1, 0.15) is 10.7 Å². The maximum absolute atomic E-state index is 13.7. The summed E-state index contributed by atoms with van der Waals surface area (Å²) < 4.78 is 77.9. The van der Waals surface area contributed by atoms with E-state index in [1.165, 1.54) is 0 Å². The summed E-state index contributed by atoms with van der Waals surface area (Å²) >= 11 is 0. The largest absolute Gasteiger partial charge is 0.416 e. The van der Waals surface area contributed by atoms with Gasteiger partial charge in [-0.25, -0.2) is 17.5 Å². The lowest BCUT2D eigenvalue weighted by Gasteiger charge is -2.19. The van der Waals surface area contributed by atoms with Gasteiger partial charge in [0.2, 0.25) is 10.0 Å². The van der Waals surface area contributed by atoms with Crippen molar-refractivity contribution in [2.24, 2.45) is 11.7 Å². The Labute approximate surface area is 126 Å². The molecule has 1 atom stereocenters. The van der Waals surface area contributed by atoms with Gasteiger partial charge in [-0.1, -0.05) is 13.8 Å². The van der Waals surface area contributed by atoms with Gasteiger partial charge < -0.3 is 5.73 Å². The van der Waals surface area contributed by atoms with Crippen molar-refractivity contribution in [1.29, 1.82) is 0 Å². The topological polar surface area (TPSA) is 72.2 Å². The summed E-state index contributed by atoms with van der Waals surface area (Å²) in [5, 5.41) is 0. The van der Waals surface area contributed by atoms with Gasteiger partial charge in [-0.15, -0.1) is 0 Å². The molecule has 0 heterocycles. The van der Waals surface area contributed by atoms with Gasteiger partial charge >= 0.3 is 6.18 Å². The molecule has 0 aliphatic carbocycles. The quantitative estimate of drug-likeness (QED) is 0.780. The lowest BCUT2D eigenvalue weighted by molar-refractivity contribution is -0.137. The smallest absolute Gasteiger partial charge is 0.329 e. The van der Waals surface area contributed by atoms with E-state index in [4.69, 9.17) is 5.73 Å². The first-order chi connectivity index (χ1) is 9.97. The molecule has 0 saturated heterocycles. The third kappa shape index (κ3) is 4.92. The summed E-state index contributed by atoms with van der Waals surface area (Å²) in [6.07, 6.45) is -4.38. The van der Waals surface area contributed by atoms with Crippen molar-refractivity contribution in [3.63, 3.8) is 0 Å². The normalized spacial score (nSPS) is 14.4. The molecule has 0 spiro atoms. The summed E-state index contributed by atoms with van der Waals surface area (Å²) in [5.74, 6) is -1.14. The van der Waals surface area contributed by atoms with Crippen LogP contribution in [0.4, 0.5) is 17.6 Å². The molecule has 0 bridgehead atoms. The average molecular weight is 342 g/mol. The molecular weight excluding hydrogens is 324 g/mol. The molecule has 0 saturated carbocycles. The number of alkyl halides is 3. The molecule has 0 aliphatic heterocycles. The molecule has 0 amide bonds. The van der Waals surface area contributed by atoms with Crippen LogP contribution in [0.3, 0.4) is 0 Å². The molecule has 126 valence electrons. The monoisotopic (exact) mass is 342 g/mol. The van der Waals surface area contributed by atoms with Crippen LogP contribution in [0.25, 0.3) is 0 Å². The van der Waals surface area contributed by atoms with Crippen molar-refractivity contribution in [3.05, 3.63) is 29.6 Å². The fraction of sp³-hybridized carbons (Fsp3) is 0.538. The van der Waals surface area contributed by atoms with Gasteiger partial charge in [0.25, 0.3) is 0 Å². The number of hydrogen-bond acceptors (Lipinski definition) is 3. The van der Waals surface area contributed by atoms with E-state index in [9.17, 15) is 26.0 Å². The summed E-state index contributed by atoms with van der Waals surface area (Å²) in [6, 6.07) is 0.569. The van der Waals surface area contributed by atoms with E-state index < -0.39 is 38.5 Å². The Kier molecular flexibility index (Phi) is 5.94. The number of benzene rings is 1. The highest BCUT2D eigenvalue weighted by atomic mass is 32.2. The van der Waals surface area contributed by atoms with Crippen LogP contribution in [0.15, 0.2) is 23.1 Å². The SMILES string of the molecule is CC(C)CC(CN)NS(=O)(=O)c1cc(C(F)(F)F)ccc1F. The van der Waals surface area contributed by atoms with Gasteiger partial charge in [-0.05, 0) is 30.5 Å². The number of sulfonamides is 1. The van der Waals surface area contributed by atoms with E-state index in [0.29, 0.717) is 18.6 Å². The van der Waals surface area contributed by atoms with Crippen LogP contribution >= 0.6 is 0 Å². The van der Waals surface area contributed by atoms with Crippen LogP contribution in [0.5, 0.6) is 0 Å². The zero-order valence-corrected chi connectivity index (χ0v) is 12.9. The van der Waals surface area contributed by atoms with Crippen LogP contribution in [-0.4, -0.2) is 21.0 Å². The first-order valence-corrected chi connectivity index (χ1v) is 8.05. The molecule has 0 aromatic heterocycles. The Morgan fingerprint density at radius 2 is 1.86 bits per heavy atom. The molecule has 1 unspecified atom stereocenters. The first-order valence-electron chi connectivity index (χ1n) is 6.56. The lowest BCUT2D eigenvalue weighted by atomic mass is 10.1. The van der Waals surface area contributed by atoms with Crippen LogP contribution in [0.1, 0.15) is 25.8 Å². The third-order valence-electron chi connectivity index (χ3n) is 2.91. The number of hydrogen-bond donors (Lipinski definition) is 2.